The molecule has 18 heavy (non-hydrogen) atoms. The Morgan fingerprint density at radius 2 is 2.28 bits per heavy atom. The number of nitrogens with one attached hydrogen (secondary N) is 2. The van der Waals surface area contributed by atoms with Crippen LogP contribution < -0.4 is 11.1 Å². The first-order valence-corrected chi connectivity index (χ1v) is 6.47. The molecule has 3 rings (SSSR count). The average Bonchev–Trinajstić information content (AvgIpc) is 2.84. The van der Waals surface area contributed by atoms with Gasteiger partial charge in [0.05, 0.1) is 13.2 Å². The van der Waals surface area contributed by atoms with Gasteiger partial charge in [0.2, 0.25) is 0 Å². The highest BCUT2D eigenvalue weighted by molar-refractivity contribution is 5.83. The monoisotopic (exact) mass is 245 g/mol. The first-order valence-electron chi connectivity index (χ1n) is 6.47. The normalized spacial score (nSPS) is 22.2. The van der Waals surface area contributed by atoms with Gasteiger partial charge in [0.25, 0.3) is 0 Å². The van der Waals surface area contributed by atoms with Crippen LogP contribution in [0.25, 0.3) is 10.9 Å². The summed E-state index contributed by atoms with van der Waals surface area (Å²) in [6.07, 6.45) is 2.93. The van der Waals surface area contributed by atoms with Crippen molar-refractivity contribution >= 4 is 10.9 Å². The lowest BCUT2D eigenvalue weighted by atomic mass is 9.99. The van der Waals surface area contributed by atoms with Crippen molar-refractivity contribution < 1.29 is 4.74 Å². The Hall–Kier alpha value is -1.36. The minimum atomic E-state index is 0.0420. The molecule has 1 aliphatic rings. The zero-order valence-electron chi connectivity index (χ0n) is 10.4. The maximum Gasteiger partial charge on any atom is 0.0620 e. The number of rotatable bonds is 3. The molecule has 0 radical (unpaired) electrons. The predicted molar refractivity (Wildman–Crippen MR) is 72.5 cm³/mol. The summed E-state index contributed by atoms with van der Waals surface area (Å²) >= 11 is 0. The molecule has 0 bridgehead atoms. The van der Waals surface area contributed by atoms with E-state index in [1.54, 1.807) is 0 Å². The van der Waals surface area contributed by atoms with Crippen LogP contribution in [0.2, 0.25) is 0 Å². The number of para-hydroxylation sites is 1. The van der Waals surface area contributed by atoms with Gasteiger partial charge in [0.1, 0.15) is 0 Å². The molecule has 2 atom stereocenters. The smallest absolute Gasteiger partial charge is 0.0620 e. The third-order valence-electron chi connectivity index (χ3n) is 3.56. The molecule has 1 aromatic carbocycles. The van der Waals surface area contributed by atoms with Gasteiger partial charge in [-0.3, -0.25) is 0 Å². The van der Waals surface area contributed by atoms with Crippen LogP contribution in [0.3, 0.4) is 0 Å². The van der Waals surface area contributed by atoms with Crippen molar-refractivity contribution in [1.82, 2.24) is 10.3 Å². The molecule has 0 amide bonds. The first kappa shape index (κ1) is 11.7. The molecule has 0 saturated carbocycles. The van der Waals surface area contributed by atoms with E-state index >= 15 is 0 Å². The van der Waals surface area contributed by atoms with Crippen LogP contribution in [-0.4, -0.2) is 30.8 Å². The minimum absolute atomic E-state index is 0.0420. The van der Waals surface area contributed by atoms with Crippen molar-refractivity contribution in [2.75, 3.05) is 19.8 Å². The molecule has 96 valence electrons. The van der Waals surface area contributed by atoms with E-state index in [1.807, 2.05) is 18.3 Å². The summed E-state index contributed by atoms with van der Waals surface area (Å²) in [5, 5.41) is 4.67. The molecule has 1 saturated heterocycles. The summed E-state index contributed by atoms with van der Waals surface area (Å²) in [6.45, 7) is 2.49. The Labute approximate surface area is 107 Å². The molecule has 2 aromatic rings. The Morgan fingerprint density at radius 3 is 3.11 bits per heavy atom. The summed E-state index contributed by atoms with van der Waals surface area (Å²) < 4.78 is 5.46. The molecule has 0 aliphatic carbocycles. The SMILES string of the molecule is NC(CC1COCCN1)c1c[nH]c2ccccc12. The molecule has 2 heterocycles. The number of H-pyrrole nitrogens is 1. The largest absolute Gasteiger partial charge is 0.379 e. The van der Waals surface area contributed by atoms with Gasteiger partial charge in [-0.15, -0.1) is 0 Å². The van der Waals surface area contributed by atoms with Gasteiger partial charge in [-0.1, -0.05) is 18.2 Å². The van der Waals surface area contributed by atoms with Crippen molar-refractivity contribution in [3.8, 4) is 0 Å². The predicted octanol–water partition coefficient (Wildman–Crippen LogP) is 1.55. The fourth-order valence-electron chi connectivity index (χ4n) is 2.61. The Morgan fingerprint density at radius 1 is 1.39 bits per heavy atom. The van der Waals surface area contributed by atoms with Gasteiger partial charge >= 0.3 is 0 Å². The van der Waals surface area contributed by atoms with E-state index < -0.39 is 0 Å². The summed E-state index contributed by atoms with van der Waals surface area (Å²) in [5.74, 6) is 0. The van der Waals surface area contributed by atoms with Crippen LogP contribution >= 0.6 is 0 Å². The van der Waals surface area contributed by atoms with Crippen molar-refractivity contribution in [2.24, 2.45) is 5.73 Å². The van der Waals surface area contributed by atoms with E-state index in [-0.39, 0.29) is 6.04 Å². The van der Waals surface area contributed by atoms with Crippen LogP contribution in [0.1, 0.15) is 18.0 Å². The van der Waals surface area contributed by atoms with Gasteiger partial charge in [-0.25, -0.2) is 0 Å². The lowest BCUT2D eigenvalue weighted by Crippen LogP contribution is -2.42. The zero-order valence-corrected chi connectivity index (χ0v) is 10.4. The Balaban J connectivity index is 1.76. The fraction of sp³-hybridized carbons (Fsp3) is 0.429. The molecule has 1 aromatic heterocycles. The quantitative estimate of drug-likeness (QED) is 0.768. The van der Waals surface area contributed by atoms with Crippen LogP contribution in [0, 0.1) is 0 Å². The lowest BCUT2D eigenvalue weighted by molar-refractivity contribution is 0.0720. The lowest BCUT2D eigenvalue weighted by Gasteiger charge is -2.26. The van der Waals surface area contributed by atoms with E-state index in [9.17, 15) is 0 Å². The highest BCUT2D eigenvalue weighted by Crippen LogP contribution is 2.25. The van der Waals surface area contributed by atoms with Crippen LogP contribution in [0.5, 0.6) is 0 Å². The van der Waals surface area contributed by atoms with Crippen LogP contribution in [-0.2, 0) is 4.74 Å². The summed E-state index contributed by atoms with van der Waals surface area (Å²) in [7, 11) is 0. The van der Waals surface area contributed by atoms with E-state index in [2.05, 4.69) is 22.4 Å². The third kappa shape index (κ3) is 2.27. The van der Waals surface area contributed by atoms with E-state index in [0.29, 0.717) is 6.04 Å². The van der Waals surface area contributed by atoms with Crippen LogP contribution in [0.4, 0.5) is 0 Å². The summed E-state index contributed by atoms with van der Waals surface area (Å²) in [4.78, 5) is 3.27. The molecule has 2 unspecified atom stereocenters. The topological polar surface area (TPSA) is 63.1 Å². The first-order chi connectivity index (χ1) is 8.84. The number of nitrogens with two attached hydrogens (primary N) is 1. The second-order valence-corrected chi connectivity index (χ2v) is 4.86. The Kier molecular flexibility index (Phi) is 3.32. The van der Waals surface area contributed by atoms with E-state index in [0.717, 1.165) is 31.7 Å². The maximum absolute atomic E-state index is 6.32. The molecule has 4 N–H and O–H groups in total. The van der Waals surface area contributed by atoms with Gasteiger partial charge in [-0.05, 0) is 18.1 Å². The minimum Gasteiger partial charge on any atom is -0.379 e. The number of ether oxygens (including phenoxy) is 1. The van der Waals surface area contributed by atoms with Gasteiger partial charge in [0.15, 0.2) is 0 Å². The van der Waals surface area contributed by atoms with Crippen LogP contribution in [0.15, 0.2) is 30.5 Å². The molecular weight excluding hydrogens is 226 g/mol. The van der Waals surface area contributed by atoms with Crippen molar-refractivity contribution in [1.29, 1.82) is 0 Å². The van der Waals surface area contributed by atoms with Gasteiger partial charge in [-0.2, -0.15) is 0 Å². The van der Waals surface area contributed by atoms with Crippen molar-refractivity contribution in [2.45, 2.75) is 18.5 Å². The second kappa shape index (κ2) is 5.10. The highest BCUT2D eigenvalue weighted by atomic mass is 16.5. The number of fused-ring (bicyclic) bond motifs is 1. The molecule has 0 spiro atoms. The van der Waals surface area contributed by atoms with Crippen molar-refractivity contribution in [3.05, 3.63) is 36.0 Å². The molecular formula is C14H19N3O. The number of morpholine rings is 1. The zero-order chi connectivity index (χ0) is 12.4. The summed E-state index contributed by atoms with van der Waals surface area (Å²) in [5.41, 5.74) is 8.66. The fourth-order valence-corrected chi connectivity index (χ4v) is 2.61. The third-order valence-corrected chi connectivity index (χ3v) is 3.56. The number of benzene rings is 1. The maximum atomic E-state index is 6.32. The summed E-state index contributed by atoms with van der Waals surface area (Å²) in [6, 6.07) is 8.68. The molecule has 4 nitrogen and oxygen atoms in total. The van der Waals surface area contributed by atoms with E-state index in [4.69, 9.17) is 10.5 Å². The average molecular weight is 245 g/mol. The second-order valence-electron chi connectivity index (χ2n) is 4.86. The standard InChI is InChI=1S/C14H19N3O/c15-13(7-10-9-18-6-5-16-10)12-8-17-14-4-2-1-3-11(12)14/h1-4,8,10,13,16-17H,5-7,9,15H2. The van der Waals surface area contributed by atoms with Crippen molar-refractivity contribution in [3.63, 3.8) is 0 Å². The van der Waals surface area contributed by atoms with Gasteiger partial charge < -0.3 is 20.8 Å². The Bertz CT molecular complexity index is 516. The highest BCUT2D eigenvalue weighted by Gasteiger charge is 2.19. The molecule has 1 aliphatic heterocycles. The number of aromatic amines is 1. The van der Waals surface area contributed by atoms with Gasteiger partial charge in [0, 0.05) is 35.7 Å². The molecule has 4 heteroatoms. The molecule has 1 fully saturated rings. The van der Waals surface area contributed by atoms with E-state index in [1.165, 1.54) is 10.9 Å². The number of hydrogen-bond acceptors (Lipinski definition) is 3. The number of aromatic nitrogens is 1. The number of hydrogen-bond donors (Lipinski definition) is 3.